The highest BCUT2D eigenvalue weighted by Gasteiger charge is 2.13. The monoisotopic (exact) mass is 326 g/mol. The summed E-state index contributed by atoms with van der Waals surface area (Å²) in [4.78, 5) is 0. The van der Waals surface area contributed by atoms with E-state index in [-0.39, 0.29) is 6.10 Å². The van der Waals surface area contributed by atoms with Gasteiger partial charge in [-0.15, -0.1) is 0 Å². The Balaban J connectivity index is 1.87. The minimum Gasteiger partial charge on any atom is -0.508 e. The highest BCUT2D eigenvalue weighted by atomic mass is 16.5. The molecule has 0 bridgehead atoms. The van der Waals surface area contributed by atoms with Crippen LogP contribution in [0.15, 0.2) is 54.6 Å². The lowest BCUT2D eigenvalue weighted by Gasteiger charge is -2.20. The summed E-state index contributed by atoms with van der Waals surface area (Å²) in [7, 11) is 0. The van der Waals surface area contributed by atoms with Crippen molar-refractivity contribution in [3.05, 3.63) is 60.2 Å². The van der Waals surface area contributed by atoms with E-state index < -0.39 is 0 Å². The molecule has 1 atom stereocenters. The maximum Gasteiger partial charge on any atom is 0.124 e. The summed E-state index contributed by atoms with van der Waals surface area (Å²) in [6.07, 6.45) is 10.2. The van der Waals surface area contributed by atoms with Gasteiger partial charge < -0.3 is 9.84 Å². The summed E-state index contributed by atoms with van der Waals surface area (Å²) in [5, 5.41) is 9.50. The van der Waals surface area contributed by atoms with Gasteiger partial charge in [-0.05, 0) is 42.7 Å². The van der Waals surface area contributed by atoms with Crippen molar-refractivity contribution in [3.63, 3.8) is 0 Å². The quantitative estimate of drug-likeness (QED) is 0.468. The van der Waals surface area contributed by atoms with Gasteiger partial charge in [0.25, 0.3) is 0 Å². The summed E-state index contributed by atoms with van der Waals surface area (Å²) in [5.74, 6) is 1.20. The number of unbranched alkanes of at least 4 members (excludes halogenated alkanes) is 6. The molecule has 2 nitrogen and oxygen atoms in total. The Labute approximate surface area is 146 Å². The first-order valence-electron chi connectivity index (χ1n) is 9.30. The molecule has 2 rings (SSSR count). The van der Waals surface area contributed by atoms with Crippen molar-refractivity contribution in [2.75, 3.05) is 0 Å². The van der Waals surface area contributed by atoms with Crippen LogP contribution in [0.2, 0.25) is 0 Å². The lowest BCUT2D eigenvalue weighted by atomic mass is 10.0. The molecule has 0 aliphatic carbocycles. The zero-order valence-electron chi connectivity index (χ0n) is 14.8. The molecule has 1 N–H and O–H groups in total. The Kier molecular flexibility index (Phi) is 8.23. The molecule has 130 valence electrons. The van der Waals surface area contributed by atoms with Crippen LogP contribution in [0.4, 0.5) is 0 Å². The molecule has 2 aromatic rings. The van der Waals surface area contributed by atoms with Crippen LogP contribution in [0.5, 0.6) is 11.5 Å². The van der Waals surface area contributed by atoms with Gasteiger partial charge in [0.1, 0.15) is 17.6 Å². The summed E-state index contributed by atoms with van der Waals surface area (Å²) in [6.45, 7) is 2.25. The predicted molar refractivity (Wildman–Crippen MR) is 101 cm³/mol. The fraction of sp³-hybridized carbons (Fsp3) is 0.455. The third kappa shape index (κ3) is 6.66. The smallest absolute Gasteiger partial charge is 0.124 e. The number of ether oxygens (including phenoxy) is 1. The maximum absolute atomic E-state index is 9.50. The molecule has 2 aromatic carbocycles. The third-order valence-corrected chi connectivity index (χ3v) is 4.36. The van der Waals surface area contributed by atoms with Crippen LogP contribution >= 0.6 is 0 Å². The number of phenols is 1. The van der Waals surface area contributed by atoms with Crippen molar-refractivity contribution < 1.29 is 9.84 Å². The zero-order chi connectivity index (χ0) is 17.0. The number of hydrogen-bond acceptors (Lipinski definition) is 2. The zero-order valence-corrected chi connectivity index (χ0v) is 14.8. The van der Waals surface area contributed by atoms with Gasteiger partial charge in [0.05, 0.1) is 0 Å². The number of aromatic hydroxyl groups is 1. The normalized spacial score (nSPS) is 12.0. The van der Waals surface area contributed by atoms with Crippen LogP contribution in [0.1, 0.15) is 70.0 Å². The van der Waals surface area contributed by atoms with Crippen LogP contribution in [0.3, 0.4) is 0 Å². The van der Waals surface area contributed by atoms with Gasteiger partial charge in [-0.2, -0.15) is 0 Å². The molecule has 0 radical (unpaired) electrons. The van der Waals surface area contributed by atoms with E-state index >= 15 is 0 Å². The highest BCUT2D eigenvalue weighted by Crippen LogP contribution is 2.28. The SMILES string of the molecule is CCCCCCCCCC(Oc1ccccc1)c1ccc(O)cc1. The number of phenolic OH excluding ortho intramolecular Hbond substituents is 1. The van der Waals surface area contributed by atoms with E-state index in [1.807, 2.05) is 42.5 Å². The van der Waals surface area contributed by atoms with Crippen molar-refractivity contribution in [1.82, 2.24) is 0 Å². The molecular formula is C22H30O2. The van der Waals surface area contributed by atoms with Crippen LogP contribution in [-0.2, 0) is 0 Å². The molecule has 24 heavy (non-hydrogen) atoms. The molecule has 0 aliphatic heterocycles. The Morgan fingerprint density at radius 3 is 2.08 bits per heavy atom. The number of hydrogen-bond donors (Lipinski definition) is 1. The first-order valence-corrected chi connectivity index (χ1v) is 9.30. The van der Waals surface area contributed by atoms with E-state index in [2.05, 4.69) is 6.92 Å². The van der Waals surface area contributed by atoms with Crippen LogP contribution in [0, 0.1) is 0 Å². The molecular weight excluding hydrogens is 296 g/mol. The number of benzene rings is 2. The van der Waals surface area contributed by atoms with E-state index in [9.17, 15) is 5.11 Å². The summed E-state index contributed by atoms with van der Waals surface area (Å²) >= 11 is 0. The maximum atomic E-state index is 9.50. The molecule has 0 aliphatic rings. The van der Waals surface area contributed by atoms with E-state index in [1.165, 1.54) is 44.9 Å². The van der Waals surface area contributed by atoms with E-state index in [4.69, 9.17) is 4.74 Å². The Bertz CT molecular complexity index is 548. The van der Waals surface area contributed by atoms with Gasteiger partial charge in [0.2, 0.25) is 0 Å². The molecule has 0 aromatic heterocycles. The topological polar surface area (TPSA) is 29.5 Å². The summed E-state index contributed by atoms with van der Waals surface area (Å²) in [5.41, 5.74) is 1.13. The first kappa shape index (κ1) is 18.4. The minimum absolute atomic E-state index is 0.0450. The summed E-state index contributed by atoms with van der Waals surface area (Å²) < 4.78 is 6.20. The molecule has 2 heteroatoms. The van der Waals surface area contributed by atoms with Crippen LogP contribution in [-0.4, -0.2) is 5.11 Å². The highest BCUT2D eigenvalue weighted by molar-refractivity contribution is 5.29. The standard InChI is InChI=1S/C22H30O2/c1-2-3-4-5-6-7-11-14-22(19-15-17-20(23)18-16-19)24-21-12-9-8-10-13-21/h8-10,12-13,15-18,22-23H,2-7,11,14H2,1H3. The van der Waals surface area contributed by atoms with E-state index in [1.54, 1.807) is 12.1 Å². The molecule has 0 fully saturated rings. The fourth-order valence-electron chi connectivity index (χ4n) is 2.93. The van der Waals surface area contributed by atoms with E-state index in [0.29, 0.717) is 5.75 Å². The van der Waals surface area contributed by atoms with Gasteiger partial charge in [-0.25, -0.2) is 0 Å². The molecule has 0 heterocycles. The predicted octanol–water partition coefficient (Wildman–Crippen LogP) is 6.65. The van der Waals surface area contributed by atoms with Crippen LogP contribution < -0.4 is 4.74 Å². The van der Waals surface area contributed by atoms with Crippen LogP contribution in [0.25, 0.3) is 0 Å². The van der Waals surface area contributed by atoms with E-state index in [0.717, 1.165) is 17.7 Å². The second kappa shape index (κ2) is 10.7. The molecule has 0 saturated carbocycles. The van der Waals surface area contributed by atoms with Crippen molar-refractivity contribution in [2.24, 2.45) is 0 Å². The first-order chi connectivity index (χ1) is 11.8. The van der Waals surface area contributed by atoms with Crippen molar-refractivity contribution in [1.29, 1.82) is 0 Å². The molecule has 0 amide bonds. The molecule has 1 unspecified atom stereocenters. The summed E-state index contributed by atoms with van der Waals surface area (Å²) in [6, 6.07) is 17.4. The van der Waals surface area contributed by atoms with Crippen molar-refractivity contribution in [3.8, 4) is 11.5 Å². The van der Waals surface area contributed by atoms with Crippen molar-refractivity contribution >= 4 is 0 Å². The minimum atomic E-state index is 0.0450. The van der Waals surface area contributed by atoms with Gasteiger partial charge in [0.15, 0.2) is 0 Å². The molecule has 0 saturated heterocycles. The lowest BCUT2D eigenvalue weighted by molar-refractivity contribution is 0.190. The van der Waals surface area contributed by atoms with Gasteiger partial charge >= 0.3 is 0 Å². The van der Waals surface area contributed by atoms with Gasteiger partial charge in [-0.3, -0.25) is 0 Å². The van der Waals surface area contributed by atoms with Gasteiger partial charge in [-0.1, -0.05) is 75.8 Å². The Hall–Kier alpha value is -1.96. The largest absolute Gasteiger partial charge is 0.508 e. The Morgan fingerprint density at radius 2 is 1.42 bits per heavy atom. The second-order valence-corrected chi connectivity index (χ2v) is 6.42. The van der Waals surface area contributed by atoms with Crippen molar-refractivity contribution in [2.45, 2.75) is 64.4 Å². The van der Waals surface area contributed by atoms with Gasteiger partial charge in [0, 0.05) is 0 Å². The lowest BCUT2D eigenvalue weighted by Crippen LogP contribution is -2.07. The number of rotatable bonds is 11. The fourth-order valence-corrected chi connectivity index (χ4v) is 2.93. The average molecular weight is 326 g/mol. The second-order valence-electron chi connectivity index (χ2n) is 6.42. The Morgan fingerprint density at radius 1 is 0.792 bits per heavy atom. The number of para-hydroxylation sites is 1. The average Bonchev–Trinajstić information content (AvgIpc) is 2.61. The third-order valence-electron chi connectivity index (χ3n) is 4.36. The molecule has 0 spiro atoms.